The summed E-state index contributed by atoms with van der Waals surface area (Å²) in [6.45, 7) is 4.94. The summed E-state index contributed by atoms with van der Waals surface area (Å²) >= 11 is 0. The van der Waals surface area contributed by atoms with E-state index in [2.05, 4.69) is 19.2 Å². The third kappa shape index (κ3) is 2.52. The van der Waals surface area contributed by atoms with Crippen molar-refractivity contribution in [2.75, 3.05) is 6.54 Å². The summed E-state index contributed by atoms with van der Waals surface area (Å²) in [5.74, 6) is 0.0158. The molecule has 0 bridgehead atoms. The number of carbonyl (C=O) groups excluding carboxylic acids is 1. The molecule has 92 valence electrons. The van der Waals surface area contributed by atoms with Crippen molar-refractivity contribution < 1.29 is 15.0 Å². The molecule has 1 amide bonds. The van der Waals surface area contributed by atoms with E-state index >= 15 is 0 Å². The van der Waals surface area contributed by atoms with Crippen LogP contribution in [0.5, 0.6) is 11.5 Å². The fraction of sp³-hybridized carbons (Fsp3) is 0.462. The molecule has 1 atom stereocenters. The lowest BCUT2D eigenvalue weighted by Crippen LogP contribution is -2.26. The fourth-order valence-corrected chi connectivity index (χ4v) is 1.94. The van der Waals surface area contributed by atoms with Gasteiger partial charge in [-0.1, -0.05) is 13.8 Å². The molecule has 1 aliphatic rings. The van der Waals surface area contributed by atoms with E-state index in [4.69, 9.17) is 0 Å². The first kappa shape index (κ1) is 11.8. The van der Waals surface area contributed by atoms with E-state index in [1.54, 1.807) is 0 Å². The largest absolute Gasteiger partial charge is 0.508 e. The Morgan fingerprint density at radius 1 is 1.47 bits per heavy atom. The number of amides is 1. The van der Waals surface area contributed by atoms with Crippen LogP contribution in [0.1, 0.15) is 30.6 Å². The summed E-state index contributed by atoms with van der Waals surface area (Å²) in [6.07, 6.45) is 1.11. The summed E-state index contributed by atoms with van der Waals surface area (Å²) in [5.41, 5.74) is 0.428. The quantitative estimate of drug-likeness (QED) is 0.700. The smallest absolute Gasteiger partial charge is 0.255 e. The second kappa shape index (κ2) is 3.95. The van der Waals surface area contributed by atoms with Gasteiger partial charge in [-0.2, -0.15) is 0 Å². The molecule has 0 heterocycles. The van der Waals surface area contributed by atoms with E-state index in [1.165, 1.54) is 18.2 Å². The lowest BCUT2D eigenvalue weighted by atomic mass is 10.1. The molecule has 4 nitrogen and oxygen atoms in total. The number of rotatable bonds is 3. The van der Waals surface area contributed by atoms with Gasteiger partial charge in [-0.15, -0.1) is 0 Å². The maximum atomic E-state index is 11.8. The molecule has 3 N–H and O–H groups in total. The van der Waals surface area contributed by atoms with Crippen LogP contribution >= 0.6 is 0 Å². The molecule has 1 aliphatic carbocycles. The number of nitrogens with one attached hydrogen (secondary N) is 1. The number of hydrogen-bond donors (Lipinski definition) is 3. The standard InChI is InChI=1S/C13H17NO3/c1-13(2)6-8(13)7-14-12(17)10-5-9(15)3-4-11(10)16/h3-5,8,15-16H,6-7H2,1-2H3,(H,14,17). The first-order chi connectivity index (χ1) is 7.90. The van der Waals surface area contributed by atoms with Gasteiger partial charge in [0, 0.05) is 6.54 Å². The molecule has 4 heteroatoms. The van der Waals surface area contributed by atoms with E-state index in [1.807, 2.05) is 0 Å². The average molecular weight is 235 g/mol. The van der Waals surface area contributed by atoms with Gasteiger partial charge in [0.15, 0.2) is 0 Å². The Balaban J connectivity index is 1.98. The van der Waals surface area contributed by atoms with Crippen molar-refractivity contribution in [1.82, 2.24) is 5.32 Å². The van der Waals surface area contributed by atoms with Crippen LogP contribution in [0.15, 0.2) is 18.2 Å². The van der Waals surface area contributed by atoms with Crippen molar-refractivity contribution in [3.8, 4) is 11.5 Å². The zero-order valence-corrected chi connectivity index (χ0v) is 10.0. The molecular weight excluding hydrogens is 218 g/mol. The first-order valence-corrected chi connectivity index (χ1v) is 5.70. The van der Waals surface area contributed by atoms with E-state index in [9.17, 15) is 15.0 Å². The van der Waals surface area contributed by atoms with Crippen LogP contribution in [0.3, 0.4) is 0 Å². The Morgan fingerprint density at radius 3 is 2.71 bits per heavy atom. The van der Waals surface area contributed by atoms with Gasteiger partial charge in [-0.3, -0.25) is 4.79 Å². The maximum absolute atomic E-state index is 11.8. The molecule has 1 unspecified atom stereocenters. The Bertz CT molecular complexity index is 454. The first-order valence-electron chi connectivity index (χ1n) is 5.70. The lowest BCUT2D eigenvalue weighted by molar-refractivity contribution is 0.0947. The van der Waals surface area contributed by atoms with Crippen LogP contribution < -0.4 is 5.32 Å². The second-order valence-electron chi connectivity index (χ2n) is 5.30. The van der Waals surface area contributed by atoms with Crippen LogP contribution in [0.2, 0.25) is 0 Å². The van der Waals surface area contributed by atoms with E-state index in [-0.39, 0.29) is 23.0 Å². The number of hydrogen-bond acceptors (Lipinski definition) is 3. The highest BCUT2D eigenvalue weighted by atomic mass is 16.3. The molecule has 1 fully saturated rings. The fourth-order valence-electron chi connectivity index (χ4n) is 1.94. The minimum Gasteiger partial charge on any atom is -0.508 e. The number of carbonyl (C=O) groups is 1. The van der Waals surface area contributed by atoms with E-state index in [0.29, 0.717) is 17.9 Å². The lowest BCUT2D eigenvalue weighted by Gasteiger charge is -2.08. The normalized spacial score (nSPS) is 20.9. The third-order valence-electron chi connectivity index (χ3n) is 3.45. The van der Waals surface area contributed by atoms with Crippen LogP contribution in [-0.2, 0) is 0 Å². The number of phenols is 2. The van der Waals surface area contributed by atoms with Crippen LogP contribution in [0, 0.1) is 11.3 Å². The molecule has 17 heavy (non-hydrogen) atoms. The van der Waals surface area contributed by atoms with Gasteiger partial charge in [0.1, 0.15) is 11.5 Å². The minimum atomic E-state index is -0.346. The molecule has 2 rings (SSSR count). The minimum absolute atomic E-state index is 0.0281. The molecule has 0 spiro atoms. The third-order valence-corrected chi connectivity index (χ3v) is 3.45. The predicted octanol–water partition coefficient (Wildman–Crippen LogP) is 1.87. The molecule has 0 aromatic heterocycles. The van der Waals surface area contributed by atoms with Crippen LogP contribution in [0.4, 0.5) is 0 Å². The Kier molecular flexibility index (Phi) is 2.73. The van der Waals surface area contributed by atoms with Crippen molar-refractivity contribution in [1.29, 1.82) is 0 Å². The molecular formula is C13H17NO3. The van der Waals surface area contributed by atoms with Crippen molar-refractivity contribution in [3.05, 3.63) is 23.8 Å². The van der Waals surface area contributed by atoms with Gasteiger partial charge in [0.2, 0.25) is 0 Å². The topological polar surface area (TPSA) is 69.6 Å². The van der Waals surface area contributed by atoms with Gasteiger partial charge in [0.25, 0.3) is 5.91 Å². The SMILES string of the molecule is CC1(C)CC1CNC(=O)c1cc(O)ccc1O. The van der Waals surface area contributed by atoms with Gasteiger partial charge >= 0.3 is 0 Å². The van der Waals surface area contributed by atoms with Crippen molar-refractivity contribution >= 4 is 5.91 Å². The molecule has 1 aromatic carbocycles. The Labute approximate surface area is 100 Å². The number of benzene rings is 1. The molecule has 0 saturated heterocycles. The van der Waals surface area contributed by atoms with Gasteiger partial charge in [0.05, 0.1) is 5.56 Å². The summed E-state index contributed by atoms with van der Waals surface area (Å²) in [4.78, 5) is 11.8. The molecule has 1 aromatic rings. The van der Waals surface area contributed by atoms with Gasteiger partial charge < -0.3 is 15.5 Å². The zero-order valence-electron chi connectivity index (χ0n) is 10.0. The summed E-state index contributed by atoms with van der Waals surface area (Å²) in [5, 5.41) is 21.6. The van der Waals surface area contributed by atoms with Crippen molar-refractivity contribution in [2.24, 2.45) is 11.3 Å². The Morgan fingerprint density at radius 2 is 2.12 bits per heavy atom. The molecule has 1 saturated carbocycles. The van der Waals surface area contributed by atoms with Crippen LogP contribution in [-0.4, -0.2) is 22.7 Å². The van der Waals surface area contributed by atoms with E-state index < -0.39 is 0 Å². The van der Waals surface area contributed by atoms with E-state index in [0.717, 1.165) is 6.42 Å². The molecule has 0 aliphatic heterocycles. The zero-order chi connectivity index (χ0) is 12.6. The van der Waals surface area contributed by atoms with Gasteiger partial charge in [-0.05, 0) is 36.0 Å². The average Bonchev–Trinajstić information content (AvgIpc) is 2.87. The summed E-state index contributed by atoms with van der Waals surface area (Å²) in [6, 6.07) is 3.92. The summed E-state index contributed by atoms with van der Waals surface area (Å²) < 4.78 is 0. The predicted molar refractivity (Wildman–Crippen MR) is 64.0 cm³/mol. The maximum Gasteiger partial charge on any atom is 0.255 e. The number of phenolic OH excluding ortho intramolecular Hbond substituents is 2. The highest BCUT2D eigenvalue weighted by molar-refractivity contribution is 5.97. The highest BCUT2D eigenvalue weighted by Gasteiger charge is 2.45. The van der Waals surface area contributed by atoms with Crippen LogP contribution in [0.25, 0.3) is 0 Å². The summed E-state index contributed by atoms with van der Waals surface area (Å²) in [7, 11) is 0. The Hall–Kier alpha value is -1.71. The van der Waals surface area contributed by atoms with Crippen molar-refractivity contribution in [3.63, 3.8) is 0 Å². The monoisotopic (exact) mass is 235 g/mol. The van der Waals surface area contributed by atoms with Gasteiger partial charge in [-0.25, -0.2) is 0 Å². The second-order valence-corrected chi connectivity index (χ2v) is 5.30. The van der Waals surface area contributed by atoms with Crippen molar-refractivity contribution in [2.45, 2.75) is 20.3 Å². The molecule has 0 radical (unpaired) electrons. The number of aromatic hydroxyl groups is 2. The highest BCUT2D eigenvalue weighted by Crippen LogP contribution is 2.51.